The summed E-state index contributed by atoms with van der Waals surface area (Å²) in [4.78, 5) is 23.4. The monoisotopic (exact) mass is 347 g/mol. The van der Waals surface area contributed by atoms with Gasteiger partial charge in [-0.2, -0.15) is 5.10 Å². The molecule has 3 N–H and O–H groups in total. The predicted molar refractivity (Wildman–Crippen MR) is 88.0 cm³/mol. The van der Waals surface area contributed by atoms with Crippen LogP contribution in [0.4, 0.5) is 10.6 Å². The van der Waals surface area contributed by atoms with Crippen molar-refractivity contribution in [3.63, 3.8) is 0 Å². The molecule has 2 heterocycles. The van der Waals surface area contributed by atoms with Crippen molar-refractivity contribution in [2.75, 3.05) is 11.9 Å². The Hall–Kier alpha value is -2.84. The number of nitrogens with zero attached hydrogens (tertiary/aromatic N) is 2. The van der Waals surface area contributed by atoms with Crippen LogP contribution in [0.15, 0.2) is 22.9 Å². The molecule has 1 aliphatic carbocycles. The molecule has 0 aliphatic heterocycles. The summed E-state index contributed by atoms with van der Waals surface area (Å²) in [5, 5.41) is 16.0. The Kier molecular flexibility index (Phi) is 5.32. The quantitative estimate of drug-likeness (QED) is 0.734. The molecule has 25 heavy (non-hydrogen) atoms. The zero-order valence-corrected chi connectivity index (χ0v) is 13.9. The molecule has 134 valence electrons. The maximum absolute atomic E-state index is 11.9. The second-order valence-electron chi connectivity index (χ2n) is 5.98. The minimum Gasteiger partial charge on any atom is -0.446 e. The molecule has 9 nitrogen and oxygen atoms in total. The molecule has 0 saturated heterocycles. The summed E-state index contributed by atoms with van der Waals surface area (Å²) < 4.78 is 10.3. The van der Waals surface area contributed by atoms with Gasteiger partial charge in [-0.1, -0.05) is 5.16 Å². The van der Waals surface area contributed by atoms with Crippen molar-refractivity contribution in [2.24, 2.45) is 0 Å². The van der Waals surface area contributed by atoms with Crippen molar-refractivity contribution in [2.45, 2.75) is 44.6 Å². The molecule has 0 aromatic carbocycles. The van der Waals surface area contributed by atoms with E-state index >= 15 is 0 Å². The van der Waals surface area contributed by atoms with Gasteiger partial charge in [-0.25, -0.2) is 4.79 Å². The van der Waals surface area contributed by atoms with E-state index in [9.17, 15) is 9.59 Å². The van der Waals surface area contributed by atoms with Gasteiger partial charge in [-0.15, -0.1) is 0 Å². The maximum atomic E-state index is 11.9. The van der Waals surface area contributed by atoms with Crippen LogP contribution in [0.3, 0.4) is 0 Å². The van der Waals surface area contributed by atoms with Crippen LogP contribution in [0.1, 0.15) is 43.6 Å². The van der Waals surface area contributed by atoms with E-state index in [0.717, 1.165) is 25.0 Å². The van der Waals surface area contributed by atoms with Gasteiger partial charge in [0.1, 0.15) is 11.9 Å². The van der Waals surface area contributed by atoms with Gasteiger partial charge in [0.15, 0.2) is 5.82 Å². The van der Waals surface area contributed by atoms with E-state index in [1.165, 1.54) is 6.20 Å². The second kappa shape index (κ2) is 7.82. The average molecular weight is 347 g/mol. The van der Waals surface area contributed by atoms with Crippen molar-refractivity contribution < 1.29 is 18.8 Å². The molecule has 1 fully saturated rings. The Morgan fingerprint density at radius 3 is 3.08 bits per heavy atom. The average Bonchev–Trinajstić information content (AvgIpc) is 3.29. The molecule has 2 aromatic rings. The Balaban J connectivity index is 1.50. The molecule has 2 atom stereocenters. The predicted octanol–water partition coefficient (Wildman–Crippen LogP) is 1.96. The second-order valence-corrected chi connectivity index (χ2v) is 5.98. The van der Waals surface area contributed by atoms with Gasteiger partial charge in [0.25, 0.3) is 0 Å². The van der Waals surface area contributed by atoms with Crippen LogP contribution >= 0.6 is 0 Å². The summed E-state index contributed by atoms with van der Waals surface area (Å²) in [6, 6.07) is 3.46. The molecule has 0 unspecified atom stereocenters. The number of anilines is 1. The summed E-state index contributed by atoms with van der Waals surface area (Å²) in [5.74, 6) is 0.965. The normalized spacial score (nSPS) is 19.6. The number of aromatic amines is 1. The van der Waals surface area contributed by atoms with Crippen molar-refractivity contribution in [1.82, 2.24) is 20.7 Å². The van der Waals surface area contributed by atoms with E-state index in [0.29, 0.717) is 18.1 Å². The highest BCUT2D eigenvalue weighted by Crippen LogP contribution is 2.35. The summed E-state index contributed by atoms with van der Waals surface area (Å²) in [6.45, 7) is 2.40. The topological polar surface area (TPSA) is 122 Å². The summed E-state index contributed by atoms with van der Waals surface area (Å²) >= 11 is 0. The van der Waals surface area contributed by atoms with Crippen LogP contribution in [-0.4, -0.2) is 40.0 Å². The first-order chi connectivity index (χ1) is 12.1. The van der Waals surface area contributed by atoms with Crippen LogP contribution in [0.2, 0.25) is 0 Å². The highest BCUT2D eigenvalue weighted by molar-refractivity contribution is 5.91. The molecule has 0 spiro atoms. The van der Waals surface area contributed by atoms with Gasteiger partial charge >= 0.3 is 6.09 Å². The largest absolute Gasteiger partial charge is 0.446 e. The third-order valence-corrected chi connectivity index (χ3v) is 4.11. The zero-order valence-electron chi connectivity index (χ0n) is 13.9. The lowest BCUT2D eigenvalue weighted by Gasteiger charge is -2.12. The van der Waals surface area contributed by atoms with E-state index in [2.05, 4.69) is 26.0 Å². The lowest BCUT2D eigenvalue weighted by atomic mass is 10.0. The smallest absolute Gasteiger partial charge is 0.407 e. The van der Waals surface area contributed by atoms with E-state index in [-0.39, 0.29) is 30.4 Å². The lowest BCUT2D eigenvalue weighted by Crippen LogP contribution is -2.27. The lowest BCUT2D eigenvalue weighted by molar-refractivity contribution is -0.115. The number of H-pyrrole nitrogens is 1. The maximum Gasteiger partial charge on any atom is 0.407 e. The molecule has 9 heteroatoms. The number of ether oxygens (including phenoxy) is 1. The first-order valence-corrected chi connectivity index (χ1v) is 8.33. The van der Waals surface area contributed by atoms with Crippen LogP contribution in [-0.2, 0) is 16.0 Å². The standard InChI is InChI=1S/C16H21N5O4/c1-2-17-16(23)24-11-4-3-10(7-11)13-9-14(21-20-13)19-15(22)8-12-5-6-18-25-12/h5-6,9-11H,2-4,7-8H2,1H3,(H,17,23)(H2,19,20,21,22)/t10-,11+/m0/s1. The molecule has 0 bridgehead atoms. The number of carbonyl (C=O) groups excluding carboxylic acids is 2. The number of rotatable bonds is 6. The van der Waals surface area contributed by atoms with E-state index in [1.807, 2.05) is 13.0 Å². The van der Waals surface area contributed by atoms with Gasteiger partial charge in [-0.3, -0.25) is 9.89 Å². The molecular formula is C16H21N5O4. The van der Waals surface area contributed by atoms with Crippen LogP contribution < -0.4 is 10.6 Å². The van der Waals surface area contributed by atoms with Gasteiger partial charge in [0.2, 0.25) is 5.91 Å². The van der Waals surface area contributed by atoms with Crippen molar-refractivity contribution in [3.8, 4) is 0 Å². The van der Waals surface area contributed by atoms with Crippen LogP contribution in [0.25, 0.3) is 0 Å². The fourth-order valence-electron chi connectivity index (χ4n) is 2.96. The molecule has 1 saturated carbocycles. The molecule has 3 rings (SSSR count). The van der Waals surface area contributed by atoms with Crippen LogP contribution in [0, 0.1) is 0 Å². The zero-order chi connectivity index (χ0) is 17.6. The first-order valence-electron chi connectivity index (χ1n) is 8.33. The fraction of sp³-hybridized carbons (Fsp3) is 0.500. The van der Waals surface area contributed by atoms with Crippen LogP contribution in [0.5, 0.6) is 0 Å². The summed E-state index contributed by atoms with van der Waals surface area (Å²) in [5.41, 5.74) is 0.928. The Labute approximate surface area is 144 Å². The van der Waals surface area contributed by atoms with Crippen molar-refractivity contribution in [3.05, 3.63) is 29.8 Å². The number of alkyl carbamates (subject to hydrolysis) is 1. The Bertz CT molecular complexity index is 712. The van der Waals surface area contributed by atoms with Gasteiger partial charge in [0.05, 0.1) is 12.6 Å². The molecule has 2 aromatic heterocycles. The number of amides is 2. The molecule has 0 radical (unpaired) electrons. The van der Waals surface area contributed by atoms with Gasteiger partial charge in [0, 0.05) is 30.3 Å². The van der Waals surface area contributed by atoms with Gasteiger partial charge < -0.3 is 19.9 Å². The third kappa shape index (κ3) is 4.59. The third-order valence-electron chi connectivity index (χ3n) is 4.11. The summed E-state index contributed by atoms with van der Waals surface area (Å²) in [6.07, 6.45) is 3.58. The number of hydrogen-bond donors (Lipinski definition) is 3. The number of nitrogens with one attached hydrogen (secondary N) is 3. The minimum atomic E-state index is -0.377. The van der Waals surface area contributed by atoms with Crippen molar-refractivity contribution in [1.29, 1.82) is 0 Å². The number of carbonyl (C=O) groups is 2. The SMILES string of the molecule is CCNC(=O)O[C@@H]1CC[C@H](c2cc(NC(=O)Cc3ccno3)n[nH]2)C1. The highest BCUT2D eigenvalue weighted by atomic mass is 16.6. The van der Waals surface area contributed by atoms with E-state index < -0.39 is 0 Å². The molecule has 2 amide bonds. The fourth-order valence-corrected chi connectivity index (χ4v) is 2.96. The Morgan fingerprint density at radius 1 is 1.44 bits per heavy atom. The Morgan fingerprint density at radius 2 is 2.32 bits per heavy atom. The molecule has 1 aliphatic rings. The molecular weight excluding hydrogens is 326 g/mol. The summed E-state index contributed by atoms with van der Waals surface area (Å²) in [7, 11) is 0. The highest BCUT2D eigenvalue weighted by Gasteiger charge is 2.29. The van der Waals surface area contributed by atoms with Gasteiger partial charge in [-0.05, 0) is 26.2 Å². The van der Waals surface area contributed by atoms with E-state index in [1.54, 1.807) is 6.07 Å². The first kappa shape index (κ1) is 17.0. The number of hydrogen-bond acceptors (Lipinski definition) is 6. The van der Waals surface area contributed by atoms with Crippen molar-refractivity contribution >= 4 is 17.8 Å². The van der Waals surface area contributed by atoms with E-state index in [4.69, 9.17) is 9.26 Å². The number of aromatic nitrogens is 3. The minimum absolute atomic E-state index is 0.0932.